The molecule has 1 aromatic rings. The monoisotopic (exact) mass is 165 g/mol. The number of benzene rings is 1. The second-order valence-corrected chi connectivity index (χ2v) is 2.70. The van der Waals surface area contributed by atoms with Gasteiger partial charge < -0.3 is 15.4 Å². The van der Waals surface area contributed by atoms with Crippen LogP contribution < -0.4 is 10.8 Å². The van der Waals surface area contributed by atoms with E-state index in [9.17, 15) is 0 Å². The van der Waals surface area contributed by atoms with Crippen LogP contribution in [0, 0.1) is 6.92 Å². The molecule has 0 spiro atoms. The van der Waals surface area contributed by atoms with E-state index < -0.39 is 7.12 Å². The first kappa shape index (κ1) is 9.10. The summed E-state index contributed by atoms with van der Waals surface area (Å²) in [4.78, 5) is 0. The second kappa shape index (κ2) is 3.60. The lowest BCUT2D eigenvalue weighted by Crippen LogP contribution is -2.32. The van der Waals surface area contributed by atoms with Crippen LogP contribution in [0.1, 0.15) is 5.56 Å². The Bertz CT molecular complexity index is 276. The summed E-state index contributed by atoms with van der Waals surface area (Å²) in [5, 5.41) is 20.8. The Balaban J connectivity index is 3.08. The third kappa shape index (κ3) is 1.78. The first-order valence-corrected chi connectivity index (χ1v) is 3.79. The van der Waals surface area contributed by atoms with Crippen LogP contribution >= 0.6 is 0 Å². The minimum atomic E-state index is -1.39. The van der Waals surface area contributed by atoms with Gasteiger partial charge in [0.2, 0.25) is 0 Å². The fourth-order valence-electron chi connectivity index (χ4n) is 1.07. The van der Waals surface area contributed by atoms with E-state index in [-0.39, 0.29) is 0 Å². The molecule has 0 aliphatic carbocycles. The van der Waals surface area contributed by atoms with Gasteiger partial charge in [-0.2, -0.15) is 0 Å². The Morgan fingerprint density at radius 1 is 1.33 bits per heavy atom. The summed E-state index contributed by atoms with van der Waals surface area (Å²) in [6, 6.07) is 5.46. The van der Waals surface area contributed by atoms with E-state index in [2.05, 4.69) is 5.32 Å². The number of rotatable bonds is 2. The van der Waals surface area contributed by atoms with E-state index in [0.29, 0.717) is 5.46 Å². The van der Waals surface area contributed by atoms with Gasteiger partial charge >= 0.3 is 7.12 Å². The molecule has 0 aliphatic heterocycles. The van der Waals surface area contributed by atoms with E-state index >= 15 is 0 Å². The number of anilines is 1. The number of hydrogen-bond acceptors (Lipinski definition) is 3. The predicted molar refractivity (Wildman–Crippen MR) is 50.6 cm³/mol. The van der Waals surface area contributed by atoms with Crippen molar-refractivity contribution in [2.45, 2.75) is 6.92 Å². The van der Waals surface area contributed by atoms with Crippen LogP contribution in [-0.4, -0.2) is 24.2 Å². The van der Waals surface area contributed by atoms with Gasteiger partial charge in [0.1, 0.15) is 0 Å². The fraction of sp³-hybridized carbons (Fsp3) is 0.250. The van der Waals surface area contributed by atoms with Gasteiger partial charge in [-0.05, 0) is 24.5 Å². The molecule has 0 fully saturated rings. The number of aryl methyl sites for hydroxylation is 1. The molecule has 0 saturated carbocycles. The van der Waals surface area contributed by atoms with Crippen molar-refractivity contribution in [2.75, 3.05) is 12.4 Å². The number of nitrogens with one attached hydrogen (secondary N) is 1. The lowest BCUT2D eigenvalue weighted by molar-refractivity contribution is 0.425. The molecule has 12 heavy (non-hydrogen) atoms. The Hall–Kier alpha value is -0.995. The molecule has 4 heteroatoms. The lowest BCUT2D eigenvalue weighted by Gasteiger charge is -2.06. The highest BCUT2D eigenvalue weighted by molar-refractivity contribution is 6.59. The minimum Gasteiger partial charge on any atom is -0.423 e. The molecule has 0 aromatic heterocycles. The van der Waals surface area contributed by atoms with E-state index in [4.69, 9.17) is 10.0 Å². The standard InChI is InChI=1S/C8H12BNO2/c1-6-3-4-7(10-2)5-8(6)9(11)12/h3-5,10-12H,1-2H3. The zero-order valence-corrected chi connectivity index (χ0v) is 7.20. The molecule has 1 aromatic carbocycles. The van der Waals surface area contributed by atoms with E-state index in [0.717, 1.165) is 11.3 Å². The van der Waals surface area contributed by atoms with Crippen molar-refractivity contribution < 1.29 is 10.0 Å². The molecular weight excluding hydrogens is 153 g/mol. The molecule has 0 heterocycles. The maximum absolute atomic E-state index is 8.95. The highest BCUT2D eigenvalue weighted by atomic mass is 16.4. The Labute approximate surface area is 72.2 Å². The van der Waals surface area contributed by atoms with Gasteiger partial charge in [0.25, 0.3) is 0 Å². The maximum Gasteiger partial charge on any atom is 0.488 e. The third-order valence-electron chi connectivity index (χ3n) is 1.85. The van der Waals surface area contributed by atoms with Crippen molar-refractivity contribution in [1.29, 1.82) is 0 Å². The Morgan fingerprint density at radius 3 is 2.50 bits per heavy atom. The average Bonchev–Trinajstić information content (AvgIpc) is 2.05. The summed E-state index contributed by atoms with van der Waals surface area (Å²) in [5.41, 5.74) is 2.30. The Morgan fingerprint density at radius 2 is 2.00 bits per heavy atom. The number of hydrogen-bond donors (Lipinski definition) is 3. The van der Waals surface area contributed by atoms with Crippen LogP contribution in [0.5, 0.6) is 0 Å². The van der Waals surface area contributed by atoms with Crippen molar-refractivity contribution in [3.8, 4) is 0 Å². The molecule has 0 saturated heterocycles. The van der Waals surface area contributed by atoms with Crippen LogP contribution in [0.4, 0.5) is 5.69 Å². The van der Waals surface area contributed by atoms with Crippen molar-refractivity contribution in [2.24, 2.45) is 0 Å². The molecule has 0 atom stereocenters. The molecule has 3 N–H and O–H groups in total. The predicted octanol–water partition coefficient (Wildman–Crippen LogP) is -0.283. The van der Waals surface area contributed by atoms with Crippen molar-refractivity contribution in [1.82, 2.24) is 0 Å². The van der Waals surface area contributed by atoms with Gasteiger partial charge in [-0.1, -0.05) is 11.6 Å². The summed E-state index contributed by atoms with van der Waals surface area (Å²) in [7, 11) is 0.399. The SMILES string of the molecule is CNc1ccc(C)c(B(O)O)c1. The fourth-order valence-corrected chi connectivity index (χ4v) is 1.07. The van der Waals surface area contributed by atoms with Crippen LogP contribution in [0.15, 0.2) is 18.2 Å². The van der Waals surface area contributed by atoms with Crippen molar-refractivity contribution >= 4 is 18.3 Å². The smallest absolute Gasteiger partial charge is 0.423 e. The average molecular weight is 165 g/mol. The van der Waals surface area contributed by atoms with E-state index in [1.807, 2.05) is 19.1 Å². The molecule has 64 valence electrons. The zero-order chi connectivity index (χ0) is 9.14. The van der Waals surface area contributed by atoms with Gasteiger partial charge in [-0.15, -0.1) is 0 Å². The molecule has 0 amide bonds. The highest BCUT2D eigenvalue weighted by Gasteiger charge is 2.13. The molecular formula is C8H12BNO2. The van der Waals surface area contributed by atoms with E-state index in [1.54, 1.807) is 13.1 Å². The van der Waals surface area contributed by atoms with Crippen LogP contribution in [0.25, 0.3) is 0 Å². The van der Waals surface area contributed by atoms with Gasteiger partial charge in [0.05, 0.1) is 0 Å². The zero-order valence-electron chi connectivity index (χ0n) is 7.20. The molecule has 3 nitrogen and oxygen atoms in total. The molecule has 0 radical (unpaired) electrons. The summed E-state index contributed by atoms with van der Waals surface area (Å²) in [6.07, 6.45) is 0. The molecule has 1 rings (SSSR count). The first-order chi connectivity index (χ1) is 5.65. The van der Waals surface area contributed by atoms with Gasteiger partial charge in [0, 0.05) is 12.7 Å². The topological polar surface area (TPSA) is 52.5 Å². The first-order valence-electron chi connectivity index (χ1n) is 3.79. The maximum atomic E-state index is 8.95. The second-order valence-electron chi connectivity index (χ2n) is 2.70. The molecule has 0 aliphatic rings. The van der Waals surface area contributed by atoms with E-state index in [1.165, 1.54) is 0 Å². The van der Waals surface area contributed by atoms with Gasteiger partial charge in [0.15, 0.2) is 0 Å². The van der Waals surface area contributed by atoms with Crippen LogP contribution in [-0.2, 0) is 0 Å². The summed E-state index contributed by atoms with van der Waals surface area (Å²) >= 11 is 0. The molecule has 0 unspecified atom stereocenters. The van der Waals surface area contributed by atoms with Crippen LogP contribution in [0.3, 0.4) is 0 Å². The summed E-state index contributed by atoms with van der Waals surface area (Å²) < 4.78 is 0. The lowest BCUT2D eigenvalue weighted by atomic mass is 9.77. The van der Waals surface area contributed by atoms with Gasteiger partial charge in [-0.25, -0.2) is 0 Å². The third-order valence-corrected chi connectivity index (χ3v) is 1.85. The Kier molecular flexibility index (Phi) is 2.73. The molecule has 0 bridgehead atoms. The summed E-state index contributed by atoms with van der Waals surface area (Å²) in [6.45, 7) is 1.84. The van der Waals surface area contributed by atoms with Crippen molar-refractivity contribution in [3.05, 3.63) is 23.8 Å². The minimum absolute atomic E-state index is 0.543. The quantitative estimate of drug-likeness (QED) is 0.528. The summed E-state index contributed by atoms with van der Waals surface area (Å²) in [5.74, 6) is 0. The highest BCUT2D eigenvalue weighted by Crippen LogP contribution is 2.05. The van der Waals surface area contributed by atoms with Crippen molar-refractivity contribution in [3.63, 3.8) is 0 Å². The van der Waals surface area contributed by atoms with Crippen LogP contribution in [0.2, 0.25) is 0 Å². The normalized spacial score (nSPS) is 9.67. The van der Waals surface area contributed by atoms with Gasteiger partial charge in [-0.3, -0.25) is 0 Å². The largest absolute Gasteiger partial charge is 0.488 e.